The fourth-order valence-electron chi connectivity index (χ4n) is 8.39. The van der Waals surface area contributed by atoms with Gasteiger partial charge in [0.2, 0.25) is 24.1 Å². The number of hydrogen-bond donors (Lipinski definition) is 0. The molecular weight excluding hydrogens is 1040 g/mol. The number of carbonyl (C=O) groups is 4. The molecule has 446 valence electrons. The largest absolute Gasteiger partial charge is 0.489 e. The molecule has 4 aromatic rings. The lowest BCUT2D eigenvalue weighted by atomic mass is 10.1. The summed E-state index contributed by atoms with van der Waals surface area (Å²) in [5.41, 5.74) is 2.86. The first-order valence-corrected chi connectivity index (χ1v) is 29.9. The van der Waals surface area contributed by atoms with Gasteiger partial charge in [-0.15, -0.1) is 0 Å². The topological polar surface area (TPSA) is 161 Å². The first-order chi connectivity index (χ1) is 40.0. The molecule has 0 aromatic heterocycles. The van der Waals surface area contributed by atoms with Gasteiger partial charge in [0.25, 0.3) is 0 Å². The number of hydrogen-bond acceptors (Lipinski definition) is 14. The van der Waals surface area contributed by atoms with Crippen molar-refractivity contribution in [2.75, 3.05) is 26.4 Å². The third kappa shape index (κ3) is 24.7. The summed E-state index contributed by atoms with van der Waals surface area (Å²) < 4.78 is 60.7. The van der Waals surface area contributed by atoms with Crippen LogP contribution in [-0.2, 0) is 28.7 Å². The first kappa shape index (κ1) is 67.0. The van der Waals surface area contributed by atoms with E-state index in [1.54, 1.807) is 60.7 Å². The number of ether oxygens (including phenoxy) is 10. The van der Waals surface area contributed by atoms with Gasteiger partial charge in [0, 0.05) is 48.3 Å². The van der Waals surface area contributed by atoms with E-state index in [0.717, 1.165) is 126 Å². The molecule has 0 aliphatic heterocycles. The molecule has 0 heterocycles. The summed E-state index contributed by atoms with van der Waals surface area (Å²) in [7, 11) is 0. The molecule has 2 atom stereocenters. The Bertz CT molecular complexity index is 2420. The molecule has 0 radical (unpaired) electrons. The van der Waals surface area contributed by atoms with Crippen molar-refractivity contribution < 1.29 is 66.5 Å². The molecule has 0 N–H and O–H groups in total. The van der Waals surface area contributed by atoms with Crippen LogP contribution >= 0.6 is 0 Å². The quantitative estimate of drug-likeness (QED) is 0.0135. The van der Waals surface area contributed by atoms with Gasteiger partial charge in [-0.05, 0) is 110 Å². The molecule has 0 saturated heterocycles. The normalized spacial score (nSPS) is 11.8. The molecule has 14 nitrogen and oxygen atoms in total. The number of benzene rings is 4. The Kier molecular flexibility index (Phi) is 32.6. The van der Waals surface area contributed by atoms with Crippen LogP contribution < -0.4 is 37.9 Å². The maximum atomic E-state index is 13.3. The zero-order valence-electron chi connectivity index (χ0n) is 49.6. The van der Waals surface area contributed by atoms with Crippen molar-refractivity contribution in [3.8, 4) is 57.1 Å². The zero-order valence-corrected chi connectivity index (χ0v) is 49.6. The molecule has 0 fully saturated rings. The van der Waals surface area contributed by atoms with Gasteiger partial charge < -0.3 is 47.4 Å². The summed E-state index contributed by atoms with van der Waals surface area (Å²) in [5.74, 6) is 0.590. The summed E-state index contributed by atoms with van der Waals surface area (Å²) in [6, 6.07) is 21.2. The van der Waals surface area contributed by atoms with Gasteiger partial charge in [-0.2, -0.15) is 0 Å². The van der Waals surface area contributed by atoms with Crippen molar-refractivity contribution in [1.29, 1.82) is 0 Å². The third-order valence-corrected chi connectivity index (χ3v) is 12.9. The molecule has 4 aromatic carbocycles. The van der Waals surface area contributed by atoms with Crippen molar-refractivity contribution in [1.82, 2.24) is 0 Å². The van der Waals surface area contributed by atoms with E-state index in [2.05, 4.69) is 40.9 Å². The third-order valence-electron chi connectivity index (χ3n) is 12.9. The molecule has 14 heteroatoms. The smallest absolute Gasteiger partial charge is 0.336 e. The van der Waals surface area contributed by atoms with Crippen LogP contribution in [-0.4, -0.2) is 62.9 Å². The highest BCUT2D eigenvalue weighted by molar-refractivity contribution is 5.90. The Morgan fingerprint density at radius 1 is 0.390 bits per heavy atom. The van der Waals surface area contributed by atoms with Crippen LogP contribution in [0.4, 0.5) is 0 Å². The van der Waals surface area contributed by atoms with Gasteiger partial charge >= 0.3 is 23.9 Å². The standard InChI is InChI=1S/C68H90O14/c1-9-17-21-25-47-73-65-53(35-43-57(67(65)75-49-27-23-19-11-3)79-63(29-13-5)81-59(69)15-7)37-45-61(71)77-55-39-31-51(32-40-55)52-33-41-56(42-34-52)78-62(72)46-38-54-36-44-58(80-64(30-14-6)82-60(70)16-8)68(76-50-28-24-20-12-4)66(54)74-48-26-22-18-10-2/h15-16,31-46,63-64H,7-14,17-30,47-50H2,1-6H3. The monoisotopic (exact) mass is 1130 g/mol. The number of esters is 4. The zero-order chi connectivity index (χ0) is 59.2. The summed E-state index contributed by atoms with van der Waals surface area (Å²) in [6.45, 7) is 21.3. The van der Waals surface area contributed by atoms with Crippen molar-refractivity contribution >= 4 is 36.0 Å². The minimum absolute atomic E-state index is 0.339. The molecule has 0 saturated carbocycles. The highest BCUT2D eigenvalue weighted by Crippen LogP contribution is 2.44. The minimum Gasteiger partial charge on any atom is -0.489 e. The molecule has 0 aliphatic carbocycles. The second-order valence-electron chi connectivity index (χ2n) is 19.8. The van der Waals surface area contributed by atoms with Crippen LogP contribution in [0.25, 0.3) is 23.3 Å². The Labute approximate surface area is 488 Å². The van der Waals surface area contributed by atoms with E-state index in [9.17, 15) is 19.2 Å². The van der Waals surface area contributed by atoms with E-state index in [0.29, 0.717) is 109 Å². The highest BCUT2D eigenvalue weighted by atomic mass is 16.7. The van der Waals surface area contributed by atoms with Gasteiger partial charge in [0.1, 0.15) is 11.5 Å². The Morgan fingerprint density at radius 2 is 0.720 bits per heavy atom. The van der Waals surface area contributed by atoms with E-state index in [4.69, 9.17) is 47.4 Å². The van der Waals surface area contributed by atoms with Crippen molar-refractivity contribution in [3.63, 3.8) is 0 Å². The predicted molar refractivity (Wildman–Crippen MR) is 324 cm³/mol. The van der Waals surface area contributed by atoms with Gasteiger partial charge in [-0.25, -0.2) is 19.2 Å². The predicted octanol–water partition coefficient (Wildman–Crippen LogP) is 16.9. The Morgan fingerprint density at radius 3 is 1.02 bits per heavy atom. The number of carbonyl (C=O) groups excluding carboxylic acids is 4. The van der Waals surface area contributed by atoms with E-state index in [1.807, 2.05) is 38.1 Å². The Balaban J connectivity index is 1.51. The average Bonchev–Trinajstić information content (AvgIpc) is 3.68. The van der Waals surface area contributed by atoms with Crippen molar-refractivity contribution in [2.45, 2.75) is 183 Å². The molecule has 0 amide bonds. The second kappa shape index (κ2) is 39.8. The summed E-state index contributed by atoms with van der Waals surface area (Å²) in [4.78, 5) is 51.1. The van der Waals surface area contributed by atoms with Crippen LogP contribution in [0.15, 0.2) is 110 Å². The highest BCUT2D eigenvalue weighted by Gasteiger charge is 2.24. The van der Waals surface area contributed by atoms with Crippen LogP contribution in [0.5, 0.6) is 46.0 Å². The molecule has 0 aliphatic rings. The summed E-state index contributed by atoms with van der Waals surface area (Å²) in [5, 5.41) is 0. The van der Waals surface area contributed by atoms with Crippen molar-refractivity contribution in [2.24, 2.45) is 0 Å². The first-order valence-electron chi connectivity index (χ1n) is 29.9. The van der Waals surface area contributed by atoms with E-state index < -0.39 is 36.5 Å². The van der Waals surface area contributed by atoms with Crippen LogP contribution in [0.2, 0.25) is 0 Å². The van der Waals surface area contributed by atoms with Gasteiger partial charge in [0.15, 0.2) is 23.0 Å². The van der Waals surface area contributed by atoms with E-state index >= 15 is 0 Å². The van der Waals surface area contributed by atoms with E-state index in [1.165, 1.54) is 12.2 Å². The lowest BCUT2D eigenvalue weighted by Crippen LogP contribution is -2.23. The number of unbranched alkanes of at least 4 members (excludes halogenated alkanes) is 12. The molecule has 2 unspecified atom stereocenters. The summed E-state index contributed by atoms with van der Waals surface area (Å²) >= 11 is 0. The van der Waals surface area contributed by atoms with Gasteiger partial charge in [0.05, 0.1) is 26.4 Å². The van der Waals surface area contributed by atoms with Crippen molar-refractivity contribution in [3.05, 3.63) is 121 Å². The fourth-order valence-corrected chi connectivity index (χ4v) is 8.39. The average molecular weight is 1130 g/mol. The second-order valence-corrected chi connectivity index (χ2v) is 19.8. The summed E-state index contributed by atoms with van der Waals surface area (Å²) in [6.07, 6.45) is 24.6. The number of rotatable bonds is 43. The molecule has 0 bridgehead atoms. The van der Waals surface area contributed by atoms with Crippen LogP contribution in [0, 0.1) is 0 Å². The van der Waals surface area contributed by atoms with Gasteiger partial charge in [-0.3, -0.25) is 0 Å². The minimum atomic E-state index is -0.875. The maximum Gasteiger partial charge on any atom is 0.336 e. The lowest BCUT2D eigenvalue weighted by molar-refractivity contribution is -0.159. The molecular formula is C68H90O14. The SMILES string of the molecule is C=CC(=O)OC(CCC)Oc1ccc(C=CC(=O)Oc2ccc(-c3ccc(OC(=O)C=Cc4ccc(OC(CCC)OC(=O)C=C)c(OCCCCCC)c4OCCCCCC)cc3)cc2)c(OCCCCCC)c1OCCCCCC. The van der Waals surface area contributed by atoms with E-state index in [-0.39, 0.29) is 0 Å². The molecule has 0 spiro atoms. The Hall–Kier alpha value is -7.48. The van der Waals surface area contributed by atoms with Crippen LogP contribution in [0.1, 0.15) is 181 Å². The van der Waals surface area contributed by atoms with Gasteiger partial charge in [-0.1, -0.05) is 156 Å². The van der Waals surface area contributed by atoms with Crippen LogP contribution in [0.3, 0.4) is 0 Å². The lowest BCUT2D eigenvalue weighted by Gasteiger charge is -2.23. The maximum absolute atomic E-state index is 13.3. The molecule has 82 heavy (non-hydrogen) atoms. The fraction of sp³-hybridized carbons (Fsp3) is 0.471. The molecule has 4 rings (SSSR count).